The molecule has 0 saturated heterocycles. The summed E-state index contributed by atoms with van der Waals surface area (Å²) >= 11 is 0. The molecule has 1 aromatic rings. The average molecular weight is 234 g/mol. The molecule has 11 heavy (non-hydrogen) atoms. The monoisotopic (exact) mass is 235 g/mol. The van der Waals surface area contributed by atoms with Gasteiger partial charge in [0.15, 0.2) is 0 Å². The van der Waals surface area contributed by atoms with Crippen LogP contribution in [0.1, 0.15) is 19.4 Å². The second-order valence-electron chi connectivity index (χ2n) is 3.01. The van der Waals surface area contributed by atoms with E-state index >= 15 is 0 Å². The van der Waals surface area contributed by atoms with Crippen molar-refractivity contribution in [2.24, 2.45) is 5.92 Å². The van der Waals surface area contributed by atoms with Crippen molar-refractivity contribution in [3.8, 4) is 0 Å². The summed E-state index contributed by atoms with van der Waals surface area (Å²) < 4.78 is 0. The van der Waals surface area contributed by atoms with Crippen LogP contribution in [-0.2, 0) is 25.9 Å². The molecule has 0 saturated carbocycles. The molecule has 0 aliphatic heterocycles. The molecule has 0 amide bonds. The van der Waals surface area contributed by atoms with E-state index in [0.717, 1.165) is 5.92 Å². The maximum atomic E-state index is 3.01. The zero-order valence-electron chi connectivity index (χ0n) is 6.95. The Hall–Kier alpha value is -0.157. The fraction of sp³-hybridized carbons (Fsp3) is 0.400. The van der Waals surface area contributed by atoms with Crippen LogP contribution in [0.25, 0.3) is 0 Å². The Bertz CT molecular complexity index is 179. The predicted octanol–water partition coefficient (Wildman–Crippen LogP) is 2.68. The van der Waals surface area contributed by atoms with E-state index in [-0.39, 0.29) is 19.5 Å². The Labute approximate surface area is 81.8 Å². The molecule has 0 fully saturated rings. The molecular weight excluding hydrogens is 221 g/mol. The van der Waals surface area contributed by atoms with Crippen molar-refractivity contribution in [2.45, 2.75) is 20.3 Å². The quantitative estimate of drug-likeness (QED) is 0.545. The van der Waals surface area contributed by atoms with E-state index in [9.17, 15) is 0 Å². The van der Waals surface area contributed by atoms with Crippen LogP contribution in [0.15, 0.2) is 24.3 Å². The summed E-state index contributed by atoms with van der Waals surface area (Å²) in [6.45, 7) is 4.47. The van der Waals surface area contributed by atoms with Gasteiger partial charge in [0.25, 0.3) is 0 Å². The predicted molar refractivity (Wildman–Crippen MR) is 43.8 cm³/mol. The number of benzene rings is 1. The van der Waals surface area contributed by atoms with Gasteiger partial charge in [0, 0.05) is 0 Å². The molecule has 0 N–H and O–H groups in total. The summed E-state index contributed by atoms with van der Waals surface area (Å²) in [4.78, 5) is 0. The minimum atomic E-state index is 0. The van der Waals surface area contributed by atoms with E-state index in [0.29, 0.717) is 0 Å². The van der Waals surface area contributed by atoms with Gasteiger partial charge in [0.05, 0.1) is 0 Å². The molecule has 0 spiro atoms. The summed E-state index contributed by atoms with van der Waals surface area (Å²) in [7, 11) is 0. The van der Waals surface area contributed by atoms with Crippen molar-refractivity contribution >= 4 is 0 Å². The Kier molecular flexibility index (Phi) is 5.41. The summed E-state index contributed by atoms with van der Waals surface area (Å²) in [6, 6.07) is 11.2. The molecule has 0 heterocycles. The van der Waals surface area contributed by atoms with Crippen molar-refractivity contribution in [1.82, 2.24) is 0 Å². The molecule has 61 valence electrons. The van der Waals surface area contributed by atoms with Crippen LogP contribution in [-0.4, -0.2) is 0 Å². The minimum Gasteiger partial charge on any atom is -0.184 e. The van der Waals surface area contributed by atoms with E-state index in [2.05, 4.69) is 32.0 Å². The molecule has 0 aromatic heterocycles. The number of hydrogen-bond donors (Lipinski definition) is 0. The molecule has 0 atom stereocenters. The molecule has 1 heteroatoms. The Balaban J connectivity index is 0.000001000. The van der Waals surface area contributed by atoms with E-state index in [4.69, 9.17) is 0 Å². The zero-order chi connectivity index (χ0) is 7.40. The third kappa shape index (κ3) is 4.32. The van der Waals surface area contributed by atoms with Crippen molar-refractivity contribution < 1.29 is 19.5 Å². The fourth-order valence-corrected chi connectivity index (χ4v) is 1.03. The minimum absolute atomic E-state index is 0. The first-order chi connectivity index (χ1) is 4.79. The standard InChI is InChI=1S/C10H13.Ru/c1-9(2)8-10-6-4-3-5-7-10;/h4-7,9H,8H2,1-2H3;/q-1;+1. The van der Waals surface area contributed by atoms with Gasteiger partial charge in [-0.2, -0.15) is 35.9 Å². The van der Waals surface area contributed by atoms with Gasteiger partial charge in [0.2, 0.25) is 0 Å². The van der Waals surface area contributed by atoms with Crippen LogP contribution in [0.2, 0.25) is 0 Å². The third-order valence-electron chi connectivity index (χ3n) is 1.43. The van der Waals surface area contributed by atoms with Gasteiger partial charge in [-0.25, -0.2) is 0 Å². The molecule has 1 aromatic carbocycles. The second kappa shape index (κ2) is 5.49. The molecule has 0 bridgehead atoms. The van der Waals surface area contributed by atoms with Gasteiger partial charge in [-0.15, -0.1) is 0 Å². The van der Waals surface area contributed by atoms with E-state index < -0.39 is 0 Å². The second-order valence-corrected chi connectivity index (χ2v) is 3.01. The molecule has 0 aliphatic rings. The smallest absolute Gasteiger partial charge is 0.184 e. The van der Waals surface area contributed by atoms with Crippen LogP contribution in [0.5, 0.6) is 0 Å². The Morgan fingerprint density at radius 1 is 1.27 bits per heavy atom. The molecule has 1 rings (SSSR count). The van der Waals surface area contributed by atoms with Gasteiger partial charge in [-0.1, -0.05) is 13.8 Å². The Morgan fingerprint density at radius 2 is 1.82 bits per heavy atom. The molecule has 0 nitrogen and oxygen atoms in total. The average Bonchev–Trinajstić information content (AvgIpc) is 1.88. The van der Waals surface area contributed by atoms with Gasteiger partial charge < -0.3 is 0 Å². The number of rotatable bonds is 2. The number of hydrogen-bond acceptors (Lipinski definition) is 0. The van der Waals surface area contributed by atoms with Crippen LogP contribution < -0.4 is 0 Å². The van der Waals surface area contributed by atoms with E-state index in [1.807, 2.05) is 12.1 Å². The van der Waals surface area contributed by atoms with Gasteiger partial charge in [0.1, 0.15) is 0 Å². The first-order valence-corrected chi connectivity index (χ1v) is 3.74. The largest absolute Gasteiger partial charge is 1.00 e. The van der Waals surface area contributed by atoms with Crippen LogP contribution in [0, 0.1) is 12.0 Å². The molecular formula is C10H13Ru. The maximum Gasteiger partial charge on any atom is 1.00 e. The Morgan fingerprint density at radius 3 is 2.27 bits per heavy atom. The van der Waals surface area contributed by atoms with Crippen molar-refractivity contribution in [3.63, 3.8) is 0 Å². The fourth-order valence-electron chi connectivity index (χ4n) is 1.03. The van der Waals surface area contributed by atoms with Gasteiger partial charge >= 0.3 is 19.5 Å². The van der Waals surface area contributed by atoms with Crippen molar-refractivity contribution in [2.75, 3.05) is 0 Å². The van der Waals surface area contributed by atoms with Crippen LogP contribution >= 0.6 is 0 Å². The maximum absolute atomic E-state index is 3.01. The molecule has 0 aliphatic carbocycles. The summed E-state index contributed by atoms with van der Waals surface area (Å²) in [6.07, 6.45) is 1.18. The topological polar surface area (TPSA) is 0 Å². The van der Waals surface area contributed by atoms with Crippen LogP contribution in [0.3, 0.4) is 0 Å². The van der Waals surface area contributed by atoms with Gasteiger partial charge in [-0.3, -0.25) is 0 Å². The first-order valence-electron chi connectivity index (χ1n) is 3.74. The van der Waals surface area contributed by atoms with Crippen molar-refractivity contribution in [1.29, 1.82) is 0 Å². The van der Waals surface area contributed by atoms with Crippen LogP contribution in [0.4, 0.5) is 0 Å². The zero-order valence-corrected chi connectivity index (χ0v) is 8.69. The molecule has 0 unspecified atom stereocenters. The van der Waals surface area contributed by atoms with Gasteiger partial charge in [-0.05, 0) is 12.3 Å². The summed E-state index contributed by atoms with van der Waals surface area (Å²) in [5.41, 5.74) is 1.41. The summed E-state index contributed by atoms with van der Waals surface area (Å²) in [5.74, 6) is 0.752. The SMILES string of the molecule is CC(C)Cc1cc[c-]cc1.[Ru+]. The first kappa shape index (κ1) is 10.8. The van der Waals surface area contributed by atoms with E-state index in [1.165, 1.54) is 12.0 Å². The van der Waals surface area contributed by atoms with Crippen molar-refractivity contribution in [3.05, 3.63) is 35.9 Å². The third-order valence-corrected chi connectivity index (χ3v) is 1.43. The molecule has 1 radical (unpaired) electrons. The summed E-state index contributed by atoms with van der Waals surface area (Å²) in [5, 5.41) is 0. The van der Waals surface area contributed by atoms with E-state index in [1.54, 1.807) is 0 Å². The normalized spacial score (nSPS) is 9.36.